The molecule has 0 aromatic heterocycles. The summed E-state index contributed by atoms with van der Waals surface area (Å²) >= 11 is 0. The number of nitrogens with zero attached hydrogens (tertiary/aromatic N) is 2. The van der Waals surface area contributed by atoms with E-state index in [0.29, 0.717) is 17.2 Å². The van der Waals surface area contributed by atoms with Crippen molar-refractivity contribution in [2.45, 2.75) is 19.3 Å². The number of ether oxygens (including phenoxy) is 2. The zero-order valence-electron chi connectivity index (χ0n) is 9.92. The first-order chi connectivity index (χ1) is 8.75. The molecule has 2 heterocycles. The molecule has 0 aliphatic carbocycles. The van der Waals surface area contributed by atoms with Gasteiger partial charge < -0.3 is 14.4 Å². The number of benzene rings is 1. The Balaban J connectivity index is 2.02. The molecule has 2 aliphatic heterocycles. The normalized spacial score (nSPS) is 17.9. The van der Waals surface area contributed by atoms with Gasteiger partial charge in [-0.3, -0.25) is 10.1 Å². The number of anilines is 1. The third kappa shape index (κ3) is 1.83. The molecule has 96 valence electrons. The van der Waals surface area contributed by atoms with Crippen LogP contribution in [0.4, 0.5) is 11.4 Å². The minimum Gasteiger partial charge on any atom is -0.454 e. The second kappa shape index (κ2) is 4.36. The van der Waals surface area contributed by atoms with E-state index in [1.165, 1.54) is 12.5 Å². The molecule has 18 heavy (non-hydrogen) atoms. The van der Waals surface area contributed by atoms with Crippen LogP contribution in [-0.4, -0.2) is 24.8 Å². The maximum atomic E-state index is 11.1. The highest BCUT2D eigenvalue weighted by molar-refractivity contribution is 5.70. The van der Waals surface area contributed by atoms with Gasteiger partial charge in [-0.25, -0.2) is 0 Å². The maximum Gasteiger partial charge on any atom is 0.296 e. The number of nitro groups is 1. The van der Waals surface area contributed by atoms with Gasteiger partial charge in [0.25, 0.3) is 5.69 Å². The second-order valence-corrected chi connectivity index (χ2v) is 4.50. The van der Waals surface area contributed by atoms with E-state index in [1.807, 2.05) is 0 Å². The van der Waals surface area contributed by atoms with Crippen LogP contribution in [0.25, 0.3) is 0 Å². The summed E-state index contributed by atoms with van der Waals surface area (Å²) in [6.07, 6.45) is 3.34. The van der Waals surface area contributed by atoms with E-state index in [-0.39, 0.29) is 17.4 Å². The molecule has 1 aromatic carbocycles. The van der Waals surface area contributed by atoms with Crippen molar-refractivity contribution in [1.29, 1.82) is 0 Å². The first kappa shape index (κ1) is 11.1. The van der Waals surface area contributed by atoms with Crippen LogP contribution in [0.15, 0.2) is 12.1 Å². The molecule has 2 aliphatic rings. The third-order valence-electron chi connectivity index (χ3n) is 3.36. The van der Waals surface area contributed by atoms with E-state index in [0.717, 1.165) is 25.9 Å². The summed E-state index contributed by atoms with van der Waals surface area (Å²) < 4.78 is 10.5. The van der Waals surface area contributed by atoms with Crippen LogP contribution in [0.5, 0.6) is 11.5 Å². The van der Waals surface area contributed by atoms with E-state index < -0.39 is 0 Å². The fraction of sp³-hybridized carbons (Fsp3) is 0.500. The molecule has 1 fully saturated rings. The van der Waals surface area contributed by atoms with Crippen molar-refractivity contribution in [2.24, 2.45) is 0 Å². The van der Waals surface area contributed by atoms with Gasteiger partial charge in [-0.2, -0.15) is 0 Å². The summed E-state index contributed by atoms with van der Waals surface area (Å²) in [4.78, 5) is 12.9. The fourth-order valence-electron chi connectivity index (χ4n) is 2.45. The Morgan fingerprint density at radius 3 is 2.44 bits per heavy atom. The zero-order valence-corrected chi connectivity index (χ0v) is 9.92. The highest BCUT2D eigenvalue weighted by Gasteiger charge is 2.27. The van der Waals surface area contributed by atoms with Crippen molar-refractivity contribution in [3.8, 4) is 11.5 Å². The Labute approximate surface area is 104 Å². The summed E-state index contributed by atoms with van der Waals surface area (Å²) in [5, 5.41) is 11.1. The quantitative estimate of drug-likeness (QED) is 0.595. The van der Waals surface area contributed by atoms with E-state index in [9.17, 15) is 10.1 Å². The van der Waals surface area contributed by atoms with Gasteiger partial charge >= 0.3 is 0 Å². The molecular weight excluding hydrogens is 236 g/mol. The molecule has 3 rings (SSSR count). The van der Waals surface area contributed by atoms with Gasteiger partial charge in [-0.15, -0.1) is 0 Å². The van der Waals surface area contributed by atoms with E-state index >= 15 is 0 Å². The van der Waals surface area contributed by atoms with Crippen molar-refractivity contribution in [3.63, 3.8) is 0 Å². The van der Waals surface area contributed by atoms with Crippen molar-refractivity contribution in [1.82, 2.24) is 0 Å². The van der Waals surface area contributed by atoms with Crippen LogP contribution in [-0.2, 0) is 0 Å². The lowest BCUT2D eigenvalue weighted by Crippen LogP contribution is -2.29. The van der Waals surface area contributed by atoms with Gasteiger partial charge in [0.2, 0.25) is 6.79 Å². The predicted molar refractivity (Wildman–Crippen MR) is 65.3 cm³/mol. The Kier molecular flexibility index (Phi) is 2.70. The minimum atomic E-state index is -0.355. The monoisotopic (exact) mass is 250 g/mol. The summed E-state index contributed by atoms with van der Waals surface area (Å²) in [6.45, 7) is 1.86. The lowest BCUT2D eigenvalue weighted by Gasteiger charge is -2.28. The number of hydrogen-bond acceptors (Lipinski definition) is 5. The van der Waals surface area contributed by atoms with Crippen LogP contribution in [0.2, 0.25) is 0 Å². The Hall–Kier alpha value is -1.98. The SMILES string of the molecule is O=[N+]([O-])c1cc2c(cc1N1CCCCC1)OCO2. The van der Waals surface area contributed by atoms with E-state index in [2.05, 4.69) is 4.90 Å². The van der Waals surface area contributed by atoms with Crippen molar-refractivity contribution >= 4 is 11.4 Å². The summed E-state index contributed by atoms with van der Waals surface area (Å²) in [6, 6.07) is 3.19. The van der Waals surface area contributed by atoms with Crippen molar-refractivity contribution < 1.29 is 14.4 Å². The highest BCUT2D eigenvalue weighted by Crippen LogP contribution is 2.42. The summed E-state index contributed by atoms with van der Waals surface area (Å²) in [5.74, 6) is 1.06. The molecule has 0 amide bonds. The maximum absolute atomic E-state index is 11.1. The first-order valence-electron chi connectivity index (χ1n) is 6.09. The highest BCUT2D eigenvalue weighted by atomic mass is 16.7. The molecule has 6 heteroatoms. The molecule has 1 aromatic rings. The van der Waals surface area contributed by atoms with Crippen LogP contribution >= 0.6 is 0 Å². The average Bonchev–Trinajstić information content (AvgIpc) is 2.85. The molecular formula is C12H14N2O4. The Morgan fingerprint density at radius 2 is 1.78 bits per heavy atom. The van der Waals surface area contributed by atoms with Gasteiger partial charge in [-0.1, -0.05) is 0 Å². The molecule has 6 nitrogen and oxygen atoms in total. The number of piperidine rings is 1. The van der Waals surface area contributed by atoms with Gasteiger partial charge in [-0.05, 0) is 19.3 Å². The van der Waals surface area contributed by atoms with Gasteiger partial charge in [0.1, 0.15) is 5.69 Å². The number of hydrogen-bond donors (Lipinski definition) is 0. The molecule has 0 unspecified atom stereocenters. The number of fused-ring (bicyclic) bond motifs is 1. The Morgan fingerprint density at radius 1 is 1.11 bits per heavy atom. The van der Waals surface area contributed by atoms with Crippen LogP contribution in [0.3, 0.4) is 0 Å². The molecule has 0 atom stereocenters. The molecule has 0 N–H and O–H groups in total. The second-order valence-electron chi connectivity index (χ2n) is 4.50. The lowest BCUT2D eigenvalue weighted by molar-refractivity contribution is -0.384. The molecule has 0 spiro atoms. The van der Waals surface area contributed by atoms with Crippen LogP contribution < -0.4 is 14.4 Å². The average molecular weight is 250 g/mol. The Bertz CT molecular complexity index is 483. The standard InChI is InChI=1S/C12H14N2O4/c15-14(16)10-7-12-11(17-8-18-12)6-9(10)13-4-2-1-3-5-13/h6-7H,1-5,8H2. The van der Waals surface area contributed by atoms with Crippen LogP contribution in [0.1, 0.15) is 19.3 Å². The summed E-state index contributed by atoms with van der Waals surface area (Å²) in [7, 11) is 0. The largest absolute Gasteiger partial charge is 0.454 e. The van der Waals surface area contributed by atoms with E-state index in [4.69, 9.17) is 9.47 Å². The van der Waals surface area contributed by atoms with Gasteiger partial charge in [0.05, 0.1) is 11.0 Å². The smallest absolute Gasteiger partial charge is 0.296 e. The van der Waals surface area contributed by atoms with Gasteiger partial charge in [0, 0.05) is 19.2 Å². The van der Waals surface area contributed by atoms with Crippen LogP contribution in [0, 0.1) is 10.1 Å². The molecule has 0 saturated carbocycles. The zero-order chi connectivity index (χ0) is 12.5. The lowest BCUT2D eigenvalue weighted by atomic mass is 10.1. The van der Waals surface area contributed by atoms with Crippen molar-refractivity contribution in [2.75, 3.05) is 24.8 Å². The molecule has 0 bridgehead atoms. The van der Waals surface area contributed by atoms with Gasteiger partial charge in [0.15, 0.2) is 11.5 Å². The molecule has 1 saturated heterocycles. The third-order valence-corrected chi connectivity index (χ3v) is 3.36. The summed E-state index contributed by atoms with van der Waals surface area (Å²) in [5.41, 5.74) is 0.741. The fourth-order valence-corrected chi connectivity index (χ4v) is 2.45. The number of nitro benzene ring substituents is 1. The minimum absolute atomic E-state index is 0.0983. The van der Waals surface area contributed by atoms with E-state index in [1.54, 1.807) is 6.07 Å². The first-order valence-corrected chi connectivity index (χ1v) is 6.09. The molecule has 0 radical (unpaired) electrons. The number of rotatable bonds is 2. The topological polar surface area (TPSA) is 64.8 Å². The van der Waals surface area contributed by atoms with Crippen molar-refractivity contribution in [3.05, 3.63) is 22.2 Å². The predicted octanol–water partition coefficient (Wildman–Crippen LogP) is 2.31.